The van der Waals surface area contributed by atoms with Crippen LogP contribution < -0.4 is 0 Å². The molecule has 53 heavy (non-hydrogen) atoms. The Morgan fingerprint density at radius 1 is 0.434 bits per heavy atom. The first-order valence-corrected chi connectivity index (χ1v) is 38.8. The molecule has 0 aliphatic rings. The molecule has 0 saturated carbocycles. The predicted octanol–water partition coefficient (Wildman–Crippen LogP) is 13.8. The Balaban J connectivity index is 8.36. The second-order valence-electron chi connectivity index (χ2n) is 17.6. The molecule has 0 aromatic rings. The molecule has 0 amide bonds. The SMILES string of the molecule is C=C(CC#C[Si](C)(C)C)[C@H](O[Si](CC)(CC)CC)[C@@H](O[Si](CC)(CC)CC)C(=C)[C@H](O[Si](CC)(CC)CC)[C@H](C#C[Si](C)(C)C)O[Si](CC)(CC)CC. The van der Waals surface area contributed by atoms with Crippen molar-refractivity contribution < 1.29 is 17.7 Å². The van der Waals surface area contributed by atoms with Crippen LogP contribution in [0.2, 0.25) is 112 Å². The van der Waals surface area contributed by atoms with Gasteiger partial charge in [0, 0.05) is 6.42 Å². The van der Waals surface area contributed by atoms with Gasteiger partial charge >= 0.3 is 0 Å². The zero-order chi connectivity index (χ0) is 41.3. The molecule has 308 valence electrons. The topological polar surface area (TPSA) is 36.9 Å². The third-order valence-electron chi connectivity index (χ3n) is 12.3. The highest BCUT2D eigenvalue weighted by Crippen LogP contribution is 2.39. The Bertz CT molecular complexity index is 1180. The molecule has 0 heterocycles. The quantitative estimate of drug-likeness (QED) is 0.0494. The molecule has 0 saturated heterocycles. The molecule has 0 fully saturated rings. The van der Waals surface area contributed by atoms with E-state index in [1.165, 1.54) is 0 Å². The van der Waals surface area contributed by atoms with Crippen LogP contribution in [0.1, 0.15) is 89.5 Å². The lowest BCUT2D eigenvalue weighted by Crippen LogP contribution is -2.55. The average molecular weight is 838 g/mol. The van der Waals surface area contributed by atoms with Gasteiger partial charge in [0.05, 0.1) is 12.2 Å². The van der Waals surface area contributed by atoms with Gasteiger partial charge in [-0.1, -0.05) is 141 Å². The van der Waals surface area contributed by atoms with Crippen molar-refractivity contribution in [2.45, 2.75) is 226 Å². The molecular formula is C43H88O4Si6. The molecule has 0 aliphatic heterocycles. The minimum atomic E-state index is -2.20. The molecule has 4 nitrogen and oxygen atoms in total. The molecule has 0 aliphatic carbocycles. The molecule has 0 unspecified atom stereocenters. The number of hydrogen-bond donors (Lipinski definition) is 0. The van der Waals surface area contributed by atoms with Crippen molar-refractivity contribution >= 4 is 49.4 Å². The van der Waals surface area contributed by atoms with Crippen molar-refractivity contribution in [2.24, 2.45) is 0 Å². The molecule has 10 heteroatoms. The van der Waals surface area contributed by atoms with Crippen LogP contribution >= 0.6 is 0 Å². The summed E-state index contributed by atoms with van der Waals surface area (Å²) in [6.07, 6.45) is -1.00. The van der Waals surface area contributed by atoms with Gasteiger partial charge in [-0.15, -0.1) is 17.0 Å². The third-order valence-corrected chi connectivity index (χ3v) is 32.6. The lowest BCUT2D eigenvalue weighted by molar-refractivity contribution is 0.0411. The van der Waals surface area contributed by atoms with Crippen molar-refractivity contribution in [3.8, 4) is 22.9 Å². The van der Waals surface area contributed by atoms with Gasteiger partial charge in [0.1, 0.15) is 28.4 Å². The van der Waals surface area contributed by atoms with Gasteiger partial charge in [0.25, 0.3) is 0 Å². The van der Waals surface area contributed by atoms with Crippen LogP contribution in [-0.2, 0) is 17.7 Å². The highest BCUT2D eigenvalue weighted by Gasteiger charge is 2.47. The van der Waals surface area contributed by atoms with E-state index in [9.17, 15) is 0 Å². The van der Waals surface area contributed by atoms with Gasteiger partial charge in [0.2, 0.25) is 0 Å². The van der Waals surface area contributed by atoms with Crippen LogP contribution in [0.5, 0.6) is 0 Å². The van der Waals surface area contributed by atoms with E-state index in [1.54, 1.807) is 0 Å². The number of rotatable bonds is 26. The maximum atomic E-state index is 7.75. The molecule has 0 aromatic heterocycles. The van der Waals surface area contributed by atoms with Crippen molar-refractivity contribution in [3.05, 3.63) is 24.3 Å². The summed E-state index contributed by atoms with van der Waals surface area (Å²) >= 11 is 0. The first kappa shape index (κ1) is 52.7. The van der Waals surface area contributed by atoms with E-state index in [0.717, 1.165) is 83.7 Å². The predicted molar refractivity (Wildman–Crippen MR) is 253 cm³/mol. The Labute approximate surface area is 338 Å². The van der Waals surface area contributed by atoms with Gasteiger partial charge in [-0.05, 0) is 83.7 Å². The summed E-state index contributed by atoms with van der Waals surface area (Å²) in [4.78, 5) is 0. The van der Waals surface area contributed by atoms with Crippen molar-refractivity contribution in [3.63, 3.8) is 0 Å². The second kappa shape index (κ2) is 23.8. The zero-order valence-electron chi connectivity index (χ0n) is 38.5. The Morgan fingerprint density at radius 2 is 0.736 bits per heavy atom. The van der Waals surface area contributed by atoms with Crippen LogP contribution in [0.4, 0.5) is 0 Å². The van der Waals surface area contributed by atoms with E-state index in [-0.39, 0.29) is 6.10 Å². The Kier molecular flexibility index (Phi) is 23.7. The smallest absolute Gasteiger partial charge is 0.193 e. The average Bonchev–Trinajstić information content (AvgIpc) is 3.14. The second-order valence-corrected chi connectivity index (χ2v) is 46.0. The lowest BCUT2D eigenvalue weighted by Gasteiger charge is -2.46. The van der Waals surface area contributed by atoms with E-state index in [0.29, 0.717) is 6.42 Å². The summed E-state index contributed by atoms with van der Waals surface area (Å²) in [5, 5.41) is 0. The first-order valence-electron chi connectivity index (χ1n) is 21.7. The first-order chi connectivity index (χ1) is 24.6. The fourth-order valence-electron chi connectivity index (χ4n) is 7.24. The molecule has 0 bridgehead atoms. The summed E-state index contributed by atoms with van der Waals surface area (Å²) in [5.41, 5.74) is 9.33. The van der Waals surface area contributed by atoms with Crippen molar-refractivity contribution in [1.29, 1.82) is 0 Å². The highest BCUT2D eigenvalue weighted by molar-refractivity contribution is 6.84. The lowest BCUT2D eigenvalue weighted by atomic mass is 9.93. The molecule has 0 radical (unpaired) electrons. The van der Waals surface area contributed by atoms with Gasteiger partial charge < -0.3 is 17.7 Å². The molecule has 0 N–H and O–H groups in total. The largest absolute Gasteiger partial charge is 0.407 e. The summed E-state index contributed by atoms with van der Waals surface area (Å²) in [7, 11) is -12.0. The van der Waals surface area contributed by atoms with E-state index in [4.69, 9.17) is 30.9 Å². The number of hydrogen-bond acceptors (Lipinski definition) is 4. The van der Waals surface area contributed by atoms with E-state index < -0.39 is 67.7 Å². The standard InChI is InChI=1S/C43H88O4Si6/c1-21-50(22-2,23-3)44-40(35-37-49(18,19)20)42(46-52(27-7,28-8)29-9)39(14)43(47-53(30-10,31-11)32-12)41(45-51(24-4,25-5)26-6)38(13)34-33-36-48(15,16)17/h40-43H,13-14,21-32,34H2,1-12,15-20H3/t40-,41-,42-,43-/m0/s1. The maximum Gasteiger partial charge on any atom is 0.193 e. The summed E-state index contributed by atoms with van der Waals surface area (Å²) < 4.78 is 30.6. The Hall–Kier alpha value is -0.259. The fourth-order valence-corrected chi connectivity index (χ4v) is 19.6. The maximum absolute atomic E-state index is 7.75. The molecule has 0 spiro atoms. The van der Waals surface area contributed by atoms with Crippen LogP contribution in [0, 0.1) is 22.9 Å². The molecular weight excluding hydrogens is 749 g/mol. The molecule has 0 rings (SSSR count). The van der Waals surface area contributed by atoms with Gasteiger partial charge in [-0.2, -0.15) is 0 Å². The van der Waals surface area contributed by atoms with Crippen LogP contribution in [0.15, 0.2) is 24.3 Å². The Morgan fingerprint density at radius 3 is 1.06 bits per heavy atom. The normalized spacial score (nSPS) is 15.4. The van der Waals surface area contributed by atoms with Crippen LogP contribution in [0.3, 0.4) is 0 Å². The van der Waals surface area contributed by atoms with Crippen molar-refractivity contribution in [1.82, 2.24) is 0 Å². The van der Waals surface area contributed by atoms with Crippen LogP contribution in [-0.4, -0.2) is 73.8 Å². The van der Waals surface area contributed by atoms with Gasteiger partial charge in [-0.25, -0.2) is 0 Å². The summed E-state index contributed by atoms with van der Waals surface area (Å²) in [6.45, 7) is 51.5. The summed E-state index contributed by atoms with van der Waals surface area (Å²) in [5.74, 6) is 7.36. The van der Waals surface area contributed by atoms with E-state index in [2.05, 4.69) is 145 Å². The fraction of sp³-hybridized carbons (Fsp3) is 0.814. The molecule has 4 atom stereocenters. The zero-order valence-corrected chi connectivity index (χ0v) is 44.5. The van der Waals surface area contributed by atoms with Gasteiger partial charge in [0.15, 0.2) is 33.3 Å². The monoisotopic (exact) mass is 837 g/mol. The minimum Gasteiger partial charge on any atom is -0.407 e. The minimum absolute atomic E-state index is 0.357. The van der Waals surface area contributed by atoms with Gasteiger partial charge in [-0.3, -0.25) is 0 Å². The van der Waals surface area contributed by atoms with E-state index >= 15 is 0 Å². The summed E-state index contributed by atoms with van der Waals surface area (Å²) in [6, 6.07) is 12.5. The van der Waals surface area contributed by atoms with E-state index in [1.807, 2.05) is 0 Å². The third kappa shape index (κ3) is 16.3. The highest BCUT2D eigenvalue weighted by atomic mass is 28.4. The van der Waals surface area contributed by atoms with Crippen molar-refractivity contribution in [2.75, 3.05) is 0 Å². The van der Waals surface area contributed by atoms with Crippen LogP contribution in [0.25, 0.3) is 0 Å². The molecule has 0 aromatic carbocycles.